The first kappa shape index (κ1) is 8.74. The lowest BCUT2D eigenvalue weighted by Crippen LogP contribution is -1.87. The summed E-state index contributed by atoms with van der Waals surface area (Å²) in [6.45, 7) is 1.34. The lowest BCUT2D eigenvalue weighted by Gasteiger charge is -1.94. The van der Waals surface area contributed by atoms with Crippen molar-refractivity contribution in [3.05, 3.63) is 35.8 Å². The molecule has 0 aliphatic heterocycles. The van der Waals surface area contributed by atoms with Gasteiger partial charge in [-0.1, -0.05) is 12.1 Å². The van der Waals surface area contributed by atoms with Crippen LogP contribution in [0.1, 0.15) is 5.56 Å². The topological polar surface area (TPSA) is 39.4 Å². The van der Waals surface area contributed by atoms with Crippen LogP contribution in [0.4, 0.5) is 4.39 Å². The minimum Gasteiger partial charge on any atom is -0.461 e. The largest absolute Gasteiger partial charge is 0.461 e. The molecule has 0 spiro atoms. The standard InChI is InChI=1S/C10H6FO3/c11-9-3-1-2-8-7(4-13-6-12)5-14-10(8)9/h1-3,5H,4H2. The highest BCUT2D eigenvalue weighted by molar-refractivity contribution is 5.81. The van der Waals surface area contributed by atoms with Crippen LogP contribution < -0.4 is 0 Å². The summed E-state index contributed by atoms with van der Waals surface area (Å²) < 4.78 is 22.5. The molecule has 1 aromatic heterocycles. The second kappa shape index (κ2) is 3.49. The number of carbonyl (C=O) groups excluding carboxylic acids is 1. The van der Waals surface area contributed by atoms with E-state index in [2.05, 4.69) is 4.74 Å². The van der Waals surface area contributed by atoms with Crippen molar-refractivity contribution in [3.8, 4) is 0 Å². The molecule has 0 bridgehead atoms. The van der Waals surface area contributed by atoms with Gasteiger partial charge in [-0.3, -0.25) is 0 Å². The van der Waals surface area contributed by atoms with E-state index in [1.54, 1.807) is 12.1 Å². The molecule has 0 saturated carbocycles. The van der Waals surface area contributed by atoms with Gasteiger partial charge < -0.3 is 9.15 Å². The lowest BCUT2D eigenvalue weighted by atomic mass is 10.2. The van der Waals surface area contributed by atoms with E-state index in [-0.39, 0.29) is 12.2 Å². The van der Waals surface area contributed by atoms with Gasteiger partial charge in [-0.25, -0.2) is 9.18 Å². The van der Waals surface area contributed by atoms with Crippen LogP contribution in [0.3, 0.4) is 0 Å². The number of fused-ring (bicyclic) bond motifs is 1. The third kappa shape index (κ3) is 1.35. The average molecular weight is 193 g/mol. The van der Waals surface area contributed by atoms with Crippen LogP contribution >= 0.6 is 0 Å². The SMILES string of the molecule is O=[C]OCc1coc2c(F)cccc12. The Bertz CT molecular complexity index is 461. The zero-order valence-corrected chi connectivity index (χ0v) is 7.12. The minimum atomic E-state index is -0.427. The Kier molecular flexibility index (Phi) is 2.18. The molecular weight excluding hydrogens is 187 g/mol. The maximum Gasteiger partial charge on any atom is 0.417 e. The van der Waals surface area contributed by atoms with Gasteiger partial charge in [0, 0.05) is 10.9 Å². The summed E-state index contributed by atoms with van der Waals surface area (Å²) in [5.41, 5.74) is 0.805. The summed E-state index contributed by atoms with van der Waals surface area (Å²) in [7, 11) is 0. The van der Waals surface area contributed by atoms with E-state index in [1.807, 2.05) is 0 Å². The van der Waals surface area contributed by atoms with Crippen molar-refractivity contribution >= 4 is 17.4 Å². The van der Waals surface area contributed by atoms with Crippen LogP contribution in [0.5, 0.6) is 0 Å². The number of hydrogen-bond donors (Lipinski definition) is 0. The molecule has 2 aromatic rings. The molecule has 0 aliphatic carbocycles. The summed E-state index contributed by atoms with van der Waals surface area (Å²) in [5, 5.41) is 0.611. The first-order valence-electron chi connectivity index (χ1n) is 3.96. The van der Waals surface area contributed by atoms with Gasteiger partial charge in [0.15, 0.2) is 11.4 Å². The molecular formula is C10H6FO3. The van der Waals surface area contributed by atoms with E-state index >= 15 is 0 Å². The van der Waals surface area contributed by atoms with E-state index in [1.165, 1.54) is 18.8 Å². The Morgan fingerprint density at radius 1 is 1.50 bits per heavy atom. The Balaban J connectivity index is 2.47. The van der Waals surface area contributed by atoms with Crippen molar-refractivity contribution in [2.75, 3.05) is 0 Å². The number of rotatable bonds is 3. The van der Waals surface area contributed by atoms with Gasteiger partial charge in [0.25, 0.3) is 0 Å². The van der Waals surface area contributed by atoms with E-state index < -0.39 is 5.82 Å². The van der Waals surface area contributed by atoms with Crippen LogP contribution in [-0.2, 0) is 16.1 Å². The van der Waals surface area contributed by atoms with Gasteiger partial charge >= 0.3 is 6.47 Å². The molecule has 71 valence electrons. The summed E-state index contributed by atoms with van der Waals surface area (Å²) in [6, 6.07) is 4.58. The Hall–Kier alpha value is -1.84. The molecule has 14 heavy (non-hydrogen) atoms. The first-order chi connectivity index (χ1) is 6.83. The van der Waals surface area contributed by atoms with E-state index in [9.17, 15) is 9.18 Å². The Morgan fingerprint density at radius 2 is 2.36 bits per heavy atom. The van der Waals surface area contributed by atoms with Crippen molar-refractivity contribution in [2.24, 2.45) is 0 Å². The molecule has 0 saturated heterocycles. The highest BCUT2D eigenvalue weighted by Gasteiger charge is 2.09. The number of furan rings is 1. The smallest absolute Gasteiger partial charge is 0.417 e. The molecule has 1 aromatic carbocycles. The van der Waals surface area contributed by atoms with Crippen molar-refractivity contribution < 1.29 is 18.3 Å². The van der Waals surface area contributed by atoms with Gasteiger partial charge in [-0.15, -0.1) is 0 Å². The monoisotopic (exact) mass is 193 g/mol. The van der Waals surface area contributed by atoms with Crippen LogP contribution in [0, 0.1) is 5.82 Å². The Labute approximate surface area is 79.1 Å². The van der Waals surface area contributed by atoms with E-state index in [4.69, 9.17) is 4.42 Å². The fourth-order valence-corrected chi connectivity index (χ4v) is 1.29. The molecule has 3 nitrogen and oxygen atoms in total. The van der Waals surface area contributed by atoms with Crippen LogP contribution in [-0.4, -0.2) is 6.47 Å². The molecule has 0 aliphatic rings. The number of ether oxygens (including phenoxy) is 1. The zero-order valence-electron chi connectivity index (χ0n) is 7.12. The normalized spacial score (nSPS) is 10.4. The van der Waals surface area contributed by atoms with Gasteiger partial charge in [-0.2, -0.15) is 0 Å². The van der Waals surface area contributed by atoms with Crippen molar-refractivity contribution in [1.82, 2.24) is 0 Å². The fraction of sp³-hybridized carbons (Fsp3) is 0.100. The van der Waals surface area contributed by atoms with Crippen LogP contribution in [0.15, 0.2) is 28.9 Å². The summed E-state index contributed by atoms with van der Waals surface area (Å²) in [5.74, 6) is -0.427. The molecule has 0 amide bonds. The number of hydrogen-bond acceptors (Lipinski definition) is 3. The minimum absolute atomic E-state index is 0.0416. The Morgan fingerprint density at radius 3 is 3.14 bits per heavy atom. The van der Waals surface area contributed by atoms with Crippen molar-refractivity contribution in [1.29, 1.82) is 0 Å². The predicted molar refractivity (Wildman–Crippen MR) is 46.7 cm³/mol. The maximum atomic E-state index is 13.1. The molecule has 1 radical (unpaired) electrons. The number of para-hydroxylation sites is 1. The summed E-state index contributed by atoms with van der Waals surface area (Å²) >= 11 is 0. The second-order valence-electron chi connectivity index (χ2n) is 2.75. The molecule has 4 heteroatoms. The molecule has 0 atom stereocenters. The first-order valence-corrected chi connectivity index (χ1v) is 3.96. The summed E-state index contributed by atoms with van der Waals surface area (Å²) in [6.07, 6.45) is 1.37. The third-order valence-corrected chi connectivity index (χ3v) is 1.92. The maximum absolute atomic E-state index is 13.1. The molecule has 2 rings (SSSR count). The lowest BCUT2D eigenvalue weighted by molar-refractivity contribution is 0.267. The van der Waals surface area contributed by atoms with Crippen molar-refractivity contribution in [3.63, 3.8) is 0 Å². The second-order valence-corrected chi connectivity index (χ2v) is 2.75. The van der Waals surface area contributed by atoms with Crippen LogP contribution in [0.25, 0.3) is 11.0 Å². The molecule has 0 unspecified atom stereocenters. The summed E-state index contributed by atoms with van der Waals surface area (Å²) in [4.78, 5) is 9.85. The van der Waals surface area contributed by atoms with Gasteiger partial charge in [0.2, 0.25) is 0 Å². The molecule has 0 N–H and O–H groups in total. The zero-order chi connectivity index (χ0) is 9.97. The quantitative estimate of drug-likeness (QED) is 0.749. The van der Waals surface area contributed by atoms with E-state index in [0.717, 1.165) is 0 Å². The van der Waals surface area contributed by atoms with Gasteiger partial charge in [-0.05, 0) is 6.07 Å². The van der Waals surface area contributed by atoms with E-state index in [0.29, 0.717) is 10.9 Å². The number of benzene rings is 1. The van der Waals surface area contributed by atoms with Crippen LogP contribution in [0.2, 0.25) is 0 Å². The average Bonchev–Trinajstić information content (AvgIpc) is 2.60. The highest BCUT2D eigenvalue weighted by Crippen LogP contribution is 2.23. The van der Waals surface area contributed by atoms with Crippen molar-refractivity contribution in [2.45, 2.75) is 6.61 Å². The highest BCUT2D eigenvalue weighted by atomic mass is 19.1. The van der Waals surface area contributed by atoms with Gasteiger partial charge in [0.1, 0.15) is 6.61 Å². The predicted octanol–water partition coefficient (Wildman–Crippen LogP) is 2.16. The fourth-order valence-electron chi connectivity index (χ4n) is 1.29. The van der Waals surface area contributed by atoms with Gasteiger partial charge in [0.05, 0.1) is 6.26 Å². The third-order valence-electron chi connectivity index (χ3n) is 1.92. The molecule has 0 fully saturated rings. The molecule has 1 heterocycles. The number of halogens is 1.